The number of aliphatic carboxylic acids is 1. The number of hydrogen-bond acceptors (Lipinski definition) is 3. The van der Waals surface area contributed by atoms with E-state index in [1.54, 1.807) is 4.90 Å². The molecule has 1 unspecified atom stereocenters. The summed E-state index contributed by atoms with van der Waals surface area (Å²) in [6.07, 6.45) is 0.797. The number of aryl methyl sites for hydroxylation is 1. The highest BCUT2D eigenvalue weighted by atomic mass is 16.4. The summed E-state index contributed by atoms with van der Waals surface area (Å²) in [6, 6.07) is 7.55. The summed E-state index contributed by atoms with van der Waals surface area (Å²) in [4.78, 5) is 24.5. The van der Waals surface area contributed by atoms with Crippen molar-refractivity contribution in [3.8, 4) is 0 Å². The van der Waals surface area contributed by atoms with Gasteiger partial charge in [0, 0.05) is 11.7 Å². The molecule has 0 aliphatic carbocycles. The van der Waals surface area contributed by atoms with E-state index in [1.807, 2.05) is 45.0 Å². The predicted molar refractivity (Wildman–Crippen MR) is 78.8 cm³/mol. The van der Waals surface area contributed by atoms with Crippen molar-refractivity contribution in [3.63, 3.8) is 0 Å². The molecule has 0 spiro atoms. The first-order chi connectivity index (χ1) is 9.43. The Hall–Kier alpha value is -1.88. The lowest BCUT2D eigenvalue weighted by Crippen LogP contribution is -2.42. The van der Waals surface area contributed by atoms with Gasteiger partial charge in [-0.05, 0) is 31.9 Å². The third kappa shape index (κ3) is 5.01. The number of hydrogen-bond donors (Lipinski definition) is 2. The van der Waals surface area contributed by atoms with Gasteiger partial charge in [0.15, 0.2) is 0 Å². The fraction of sp³-hybridized carbons (Fsp3) is 0.467. The van der Waals surface area contributed by atoms with Crippen LogP contribution in [0.5, 0.6) is 0 Å². The molecular formula is C15H22N2O3. The van der Waals surface area contributed by atoms with Crippen LogP contribution in [0.3, 0.4) is 0 Å². The lowest BCUT2D eigenvalue weighted by molar-refractivity contribution is -0.139. The second-order valence-corrected chi connectivity index (χ2v) is 4.92. The van der Waals surface area contributed by atoms with E-state index in [1.165, 1.54) is 0 Å². The van der Waals surface area contributed by atoms with Crippen LogP contribution in [-0.2, 0) is 9.59 Å². The molecule has 1 atom stereocenters. The fourth-order valence-electron chi connectivity index (χ4n) is 1.89. The van der Waals surface area contributed by atoms with E-state index >= 15 is 0 Å². The summed E-state index contributed by atoms with van der Waals surface area (Å²) in [5.41, 5.74) is 1.74. The second kappa shape index (κ2) is 7.65. The minimum atomic E-state index is -0.922. The van der Waals surface area contributed by atoms with E-state index < -0.39 is 5.97 Å². The Kier molecular flexibility index (Phi) is 6.18. The number of benzene rings is 1. The number of carbonyl (C=O) groups excluding carboxylic acids is 1. The summed E-state index contributed by atoms with van der Waals surface area (Å²) < 4.78 is 0. The molecule has 5 heteroatoms. The molecule has 0 aromatic heterocycles. The molecule has 0 bridgehead atoms. The molecule has 5 nitrogen and oxygen atoms in total. The van der Waals surface area contributed by atoms with Gasteiger partial charge in [0.1, 0.15) is 0 Å². The maximum Gasteiger partial charge on any atom is 0.317 e. The molecule has 0 aliphatic heterocycles. The molecule has 110 valence electrons. The Morgan fingerprint density at radius 3 is 2.50 bits per heavy atom. The van der Waals surface area contributed by atoms with E-state index in [-0.39, 0.29) is 25.0 Å². The highest BCUT2D eigenvalue weighted by molar-refractivity contribution is 5.93. The van der Waals surface area contributed by atoms with Gasteiger partial charge in [-0.2, -0.15) is 0 Å². The molecule has 0 radical (unpaired) electrons. The number of para-hydroxylation sites is 1. The number of nitrogens with zero attached hydrogens (tertiary/aromatic N) is 1. The zero-order valence-electron chi connectivity index (χ0n) is 12.2. The zero-order valence-corrected chi connectivity index (χ0v) is 12.2. The van der Waals surface area contributed by atoms with Crippen molar-refractivity contribution in [2.75, 3.05) is 18.4 Å². The highest BCUT2D eigenvalue weighted by Gasteiger charge is 2.19. The van der Waals surface area contributed by atoms with Crippen LogP contribution in [0.1, 0.15) is 25.8 Å². The summed E-state index contributed by atoms with van der Waals surface area (Å²) >= 11 is 0. The van der Waals surface area contributed by atoms with E-state index in [0.717, 1.165) is 17.7 Å². The van der Waals surface area contributed by atoms with Crippen molar-refractivity contribution in [3.05, 3.63) is 29.8 Å². The summed E-state index contributed by atoms with van der Waals surface area (Å²) in [6.45, 7) is 5.76. The molecule has 0 fully saturated rings. The summed E-state index contributed by atoms with van der Waals surface area (Å²) in [5.74, 6) is -1.12. The van der Waals surface area contributed by atoms with Crippen LogP contribution >= 0.6 is 0 Å². The zero-order chi connectivity index (χ0) is 15.1. The van der Waals surface area contributed by atoms with Crippen LogP contribution in [0.15, 0.2) is 24.3 Å². The van der Waals surface area contributed by atoms with E-state index in [0.29, 0.717) is 0 Å². The maximum atomic E-state index is 12.0. The number of amides is 1. The van der Waals surface area contributed by atoms with Gasteiger partial charge >= 0.3 is 5.97 Å². The monoisotopic (exact) mass is 278 g/mol. The number of carboxylic acids is 1. The lowest BCUT2D eigenvalue weighted by atomic mass is 10.2. The van der Waals surface area contributed by atoms with Gasteiger partial charge in [-0.25, -0.2) is 0 Å². The van der Waals surface area contributed by atoms with Crippen LogP contribution < -0.4 is 5.32 Å². The van der Waals surface area contributed by atoms with Gasteiger partial charge in [0.05, 0.1) is 13.1 Å². The van der Waals surface area contributed by atoms with Gasteiger partial charge in [-0.1, -0.05) is 25.1 Å². The van der Waals surface area contributed by atoms with Crippen LogP contribution in [-0.4, -0.2) is 41.0 Å². The van der Waals surface area contributed by atoms with Crippen molar-refractivity contribution in [1.29, 1.82) is 0 Å². The minimum Gasteiger partial charge on any atom is -0.480 e. The highest BCUT2D eigenvalue weighted by Crippen LogP contribution is 2.13. The summed E-state index contributed by atoms with van der Waals surface area (Å²) in [7, 11) is 0. The van der Waals surface area contributed by atoms with Crippen LogP contribution in [0.2, 0.25) is 0 Å². The number of nitrogens with one attached hydrogen (secondary N) is 1. The first-order valence-corrected chi connectivity index (χ1v) is 6.75. The van der Waals surface area contributed by atoms with Crippen molar-refractivity contribution in [2.45, 2.75) is 33.2 Å². The number of carboxylic acid groups (broad SMARTS) is 1. The first-order valence-electron chi connectivity index (χ1n) is 6.75. The van der Waals surface area contributed by atoms with E-state index in [2.05, 4.69) is 5.32 Å². The molecule has 0 heterocycles. The molecule has 0 saturated heterocycles. The Balaban J connectivity index is 2.66. The third-order valence-corrected chi connectivity index (χ3v) is 3.32. The molecule has 1 rings (SSSR count). The van der Waals surface area contributed by atoms with Crippen LogP contribution in [0.4, 0.5) is 5.69 Å². The van der Waals surface area contributed by atoms with Crippen molar-refractivity contribution >= 4 is 17.6 Å². The SMILES string of the molecule is CCC(C)N(CC(=O)O)CC(=O)Nc1ccccc1C. The van der Waals surface area contributed by atoms with Crippen molar-refractivity contribution < 1.29 is 14.7 Å². The number of carbonyl (C=O) groups is 2. The van der Waals surface area contributed by atoms with Crippen molar-refractivity contribution in [2.24, 2.45) is 0 Å². The topological polar surface area (TPSA) is 69.6 Å². The standard InChI is InChI=1S/C15H22N2O3/c1-4-12(3)17(10-15(19)20)9-14(18)16-13-8-6-5-7-11(13)2/h5-8,12H,4,9-10H2,1-3H3,(H,16,18)(H,19,20). The second-order valence-electron chi connectivity index (χ2n) is 4.92. The molecule has 1 amide bonds. The fourth-order valence-corrected chi connectivity index (χ4v) is 1.89. The Morgan fingerprint density at radius 2 is 1.95 bits per heavy atom. The van der Waals surface area contributed by atoms with Crippen molar-refractivity contribution in [1.82, 2.24) is 4.90 Å². The van der Waals surface area contributed by atoms with Crippen LogP contribution in [0, 0.1) is 6.92 Å². The maximum absolute atomic E-state index is 12.0. The molecular weight excluding hydrogens is 256 g/mol. The Morgan fingerprint density at radius 1 is 1.30 bits per heavy atom. The Labute approximate surface area is 119 Å². The quantitative estimate of drug-likeness (QED) is 0.801. The minimum absolute atomic E-state index is 0.0497. The van der Waals surface area contributed by atoms with E-state index in [9.17, 15) is 9.59 Å². The average Bonchev–Trinajstić information content (AvgIpc) is 2.39. The van der Waals surface area contributed by atoms with Gasteiger partial charge in [0.2, 0.25) is 5.91 Å². The molecule has 0 saturated carbocycles. The summed E-state index contributed by atoms with van der Waals surface area (Å²) in [5, 5.41) is 11.7. The van der Waals surface area contributed by atoms with Gasteiger partial charge < -0.3 is 10.4 Å². The number of rotatable bonds is 7. The molecule has 2 N–H and O–H groups in total. The molecule has 0 aliphatic rings. The average molecular weight is 278 g/mol. The van der Waals surface area contributed by atoms with Gasteiger partial charge in [0.25, 0.3) is 0 Å². The lowest BCUT2D eigenvalue weighted by Gasteiger charge is -2.26. The molecule has 20 heavy (non-hydrogen) atoms. The smallest absolute Gasteiger partial charge is 0.317 e. The molecule has 1 aromatic carbocycles. The third-order valence-electron chi connectivity index (χ3n) is 3.32. The van der Waals surface area contributed by atoms with Crippen LogP contribution in [0.25, 0.3) is 0 Å². The van der Waals surface area contributed by atoms with Gasteiger partial charge in [-0.15, -0.1) is 0 Å². The van der Waals surface area contributed by atoms with Gasteiger partial charge in [-0.3, -0.25) is 14.5 Å². The molecule has 1 aromatic rings. The number of anilines is 1. The predicted octanol–water partition coefficient (Wildman–Crippen LogP) is 2.12. The largest absolute Gasteiger partial charge is 0.480 e. The van der Waals surface area contributed by atoms with E-state index in [4.69, 9.17) is 5.11 Å². The Bertz CT molecular complexity index is 474. The first kappa shape index (κ1) is 16.2. The normalized spacial score (nSPS) is 12.2.